The number of aromatic hydroxyl groups is 1. The highest BCUT2D eigenvalue weighted by Gasteiger charge is 2.28. The summed E-state index contributed by atoms with van der Waals surface area (Å²) >= 11 is 6.07. The number of hydrogen-bond acceptors (Lipinski definition) is 6. The number of hydrogen-bond donors (Lipinski definition) is 2. The van der Waals surface area contributed by atoms with Gasteiger partial charge in [-0.05, 0) is 41.5 Å². The lowest BCUT2D eigenvalue weighted by molar-refractivity contribution is 0.0600. The van der Waals surface area contributed by atoms with Crippen LogP contribution in [0.4, 0.5) is 0 Å². The zero-order chi connectivity index (χ0) is 22.7. The molecule has 0 unspecified atom stereocenters. The number of esters is 1. The van der Waals surface area contributed by atoms with Crippen LogP contribution in [0.3, 0.4) is 0 Å². The van der Waals surface area contributed by atoms with Crippen LogP contribution in [0.25, 0.3) is 0 Å². The SMILES string of the molecule is COC(=O)c1ccc([C@@H]2N=C(c3ccc(Cl)cc3)C[C@@H](c3cccc(OC)c3O)N2)cc1. The highest BCUT2D eigenvalue weighted by atomic mass is 35.5. The van der Waals surface area contributed by atoms with Gasteiger partial charge in [0.1, 0.15) is 6.17 Å². The minimum absolute atomic E-state index is 0.102. The zero-order valence-corrected chi connectivity index (χ0v) is 18.5. The van der Waals surface area contributed by atoms with Crippen LogP contribution in [-0.2, 0) is 4.74 Å². The highest BCUT2D eigenvalue weighted by Crippen LogP contribution is 2.38. The van der Waals surface area contributed by atoms with Crippen LogP contribution in [0.5, 0.6) is 11.5 Å². The van der Waals surface area contributed by atoms with E-state index in [0.29, 0.717) is 22.8 Å². The maximum atomic E-state index is 11.8. The van der Waals surface area contributed by atoms with Crippen molar-refractivity contribution in [2.75, 3.05) is 14.2 Å². The Morgan fingerprint density at radius 1 is 1.06 bits per heavy atom. The van der Waals surface area contributed by atoms with Gasteiger partial charge in [-0.1, -0.05) is 48.0 Å². The zero-order valence-electron chi connectivity index (χ0n) is 17.7. The second kappa shape index (κ2) is 9.42. The number of phenols is 1. The van der Waals surface area contributed by atoms with Gasteiger partial charge in [0.2, 0.25) is 0 Å². The molecule has 1 aliphatic heterocycles. The molecule has 4 rings (SSSR count). The fraction of sp³-hybridized carbons (Fsp3) is 0.200. The Morgan fingerprint density at radius 2 is 1.78 bits per heavy atom. The van der Waals surface area contributed by atoms with Crippen molar-refractivity contribution in [2.24, 2.45) is 4.99 Å². The Balaban J connectivity index is 1.73. The van der Waals surface area contributed by atoms with E-state index in [0.717, 1.165) is 22.4 Å². The van der Waals surface area contributed by atoms with Crippen LogP contribution in [0.2, 0.25) is 5.02 Å². The van der Waals surface area contributed by atoms with Crippen molar-refractivity contribution < 1.29 is 19.4 Å². The third-order valence-corrected chi connectivity index (χ3v) is 5.74. The first-order chi connectivity index (χ1) is 15.5. The van der Waals surface area contributed by atoms with E-state index < -0.39 is 5.97 Å². The van der Waals surface area contributed by atoms with E-state index in [9.17, 15) is 9.90 Å². The molecule has 3 aromatic carbocycles. The molecule has 0 radical (unpaired) electrons. The second-order valence-electron chi connectivity index (χ2n) is 7.42. The molecule has 0 spiro atoms. The van der Waals surface area contributed by atoms with E-state index >= 15 is 0 Å². The Morgan fingerprint density at radius 3 is 2.44 bits per heavy atom. The van der Waals surface area contributed by atoms with Crippen molar-refractivity contribution in [3.8, 4) is 11.5 Å². The van der Waals surface area contributed by atoms with E-state index in [-0.39, 0.29) is 18.0 Å². The van der Waals surface area contributed by atoms with Crippen molar-refractivity contribution in [1.82, 2.24) is 5.32 Å². The van der Waals surface area contributed by atoms with Crippen LogP contribution in [-0.4, -0.2) is 31.0 Å². The molecule has 7 heteroatoms. The second-order valence-corrected chi connectivity index (χ2v) is 7.86. The van der Waals surface area contributed by atoms with Crippen LogP contribution in [0, 0.1) is 0 Å². The first-order valence-corrected chi connectivity index (χ1v) is 10.5. The molecule has 32 heavy (non-hydrogen) atoms. The number of nitrogens with zero attached hydrogens (tertiary/aromatic N) is 1. The maximum Gasteiger partial charge on any atom is 0.337 e. The van der Waals surface area contributed by atoms with Gasteiger partial charge in [0.15, 0.2) is 11.5 Å². The lowest BCUT2D eigenvalue weighted by Crippen LogP contribution is -2.33. The Bertz CT molecular complexity index is 1140. The average Bonchev–Trinajstić information content (AvgIpc) is 2.84. The molecular formula is C25H23ClN2O4. The molecule has 3 aromatic rings. The van der Waals surface area contributed by atoms with Gasteiger partial charge in [-0.3, -0.25) is 10.3 Å². The fourth-order valence-electron chi connectivity index (χ4n) is 3.80. The van der Waals surface area contributed by atoms with Gasteiger partial charge in [-0.15, -0.1) is 0 Å². The Kier molecular flexibility index (Phi) is 6.44. The minimum Gasteiger partial charge on any atom is -0.504 e. The minimum atomic E-state index is -0.391. The monoisotopic (exact) mass is 450 g/mol. The number of ether oxygens (including phenoxy) is 2. The number of nitrogens with one attached hydrogen (secondary N) is 1. The van der Waals surface area contributed by atoms with E-state index in [4.69, 9.17) is 26.1 Å². The van der Waals surface area contributed by atoms with E-state index in [1.54, 1.807) is 18.2 Å². The summed E-state index contributed by atoms with van der Waals surface area (Å²) in [4.78, 5) is 16.7. The quantitative estimate of drug-likeness (QED) is 0.531. The molecule has 0 saturated carbocycles. The van der Waals surface area contributed by atoms with Gasteiger partial charge in [0.05, 0.1) is 19.8 Å². The lowest BCUT2D eigenvalue weighted by atomic mass is 9.93. The number of carbonyl (C=O) groups is 1. The topological polar surface area (TPSA) is 80.2 Å². The molecule has 1 heterocycles. The number of aliphatic imine (C=N–C) groups is 1. The Labute approximate surface area is 191 Å². The first kappa shape index (κ1) is 21.9. The number of para-hydroxylation sites is 1. The number of methoxy groups -OCH3 is 2. The van der Waals surface area contributed by atoms with E-state index in [1.165, 1.54) is 14.2 Å². The summed E-state index contributed by atoms with van der Waals surface area (Å²) in [6.07, 6.45) is 0.191. The van der Waals surface area contributed by atoms with Crippen molar-refractivity contribution in [3.63, 3.8) is 0 Å². The summed E-state index contributed by atoms with van der Waals surface area (Å²) in [6, 6.07) is 19.9. The third kappa shape index (κ3) is 4.47. The van der Waals surface area contributed by atoms with Crippen molar-refractivity contribution >= 4 is 23.3 Å². The Hall–Kier alpha value is -3.35. The largest absolute Gasteiger partial charge is 0.504 e. The van der Waals surface area contributed by atoms with Gasteiger partial charge in [0, 0.05) is 28.8 Å². The number of benzene rings is 3. The molecule has 2 N–H and O–H groups in total. The number of halogens is 1. The molecule has 0 fully saturated rings. The number of phenolic OH excluding ortho intramolecular Hbond substituents is 1. The smallest absolute Gasteiger partial charge is 0.337 e. The standard InChI is InChI=1S/C25H23ClN2O4/c1-31-22-5-3-4-19(23(22)29)21-14-20(15-10-12-18(26)13-11-15)27-24(28-21)16-6-8-17(9-7-16)25(30)32-2/h3-13,21,24,28-29H,14H2,1-2H3/t21-,24+/m0/s1. The van der Waals surface area contributed by atoms with Crippen LogP contribution in [0.1, 0.15) is 45.7 Å². The molecule has 0 bridgehead atoms. The van der Waals surface area contributed by atoms with Crippen molar-refractivity contribution in [2.45, 2.75) is 18.6 Å². The third-order valence-electron chi connectivity index (χ3n) is 5.49. The number of carbonyl (C=O) groups excluding carboxylic acids is 1. The summed E-state index contributed by atoms with van der Waals surface area (Å²) in [7, 11) is 2.88. The van der Waals surface area contributed by atoms with Crippen LogP contribution < -0.4 is 10.1 Å². The molecule has 1 aliphatic rings. The summed E-state index contributed by atoms with van der Waals surface area (Å²) in [5.41, 5.74) is 3.92. The highest BCUT2D eigenvalue weighted by molar-refractivity contribution is 6.30. The van der Waals surface area contributed by atoms with Gasteiger partial charge >= 0.3 is 5.97 Å². The molecule has 0 saturated heterocycles. The average molecular weight is 451 g/mol. The molecule has 0 aromatic heterocycles. The normalized spacial score (nSPS) is 18.0. The predicted octanol–water partition coefficient (Wildman–Crippen LogP) is 5.06. The molecule has 6 nitrogen and oxygen atoms in total. The molecular weight excluding hydrogens is 428 g/mol. The van der Waals surface area contributed by atoms with Gasteiger partial charge < -0.3 is 14.6 Å². The van der Waals surface area contributed by atoms with E-state index in [1.807, 2.05) is 48.5 Å². The van der Waals surface area contributed by atoms with Crippen molar-refractivity contribution in [3.05, 3.63) is 94.0 Å². The maximum absolute atomic E-state index is 11.8. The fourth-order valence-corrected chi connectivity index (χ4v) is 3.92. The van der Waals surface area contributed by atoms with Crippen LogP contribution in [0.15, 0.2) is 71.7 Å². The molecule has 2 atom stereocenters. The molecule has 0 amide bonds. The lowest BCUT2D eigenvalue weighted by Gasteiger charge is -2.31. The van der Waals surface area contributed by atoms with Crippen molar-refractivity contribution in [1.29, 1.82) is 0 Å². The van der Waals surface area contributed by atoms with E-state index in [2.05, 4.69) is 5.32 Å². The van der Waals surface area contributed by atoms with Gasteiger partial charge in [-0.25, -0.2) is 4.79 Å². The summed E-state index contributed by atoms with van der Waals surface area (Å²) < 4.78 is 10.1. The predicted molar refractivity (Wildman–Crippen MR) is 124 cm³/mol. The summed E-state index contributed by atoms with van der Waals surface area (Å²) in [6.45, 7) is 0. The molecule has 0 aliphatic carbocycles. The summed E-state index contributed by atoms with van der Waals surface area (Å²) in [5.74, 6) is 0.126. The first-order valence-electron chi connectivity index (χ1n) is 10.1. The van der Waals surface area contributed by atoms with Gasteiger partial charge in [-0.2, -0.15) is 0 Å². The summed E-state index contributed by atoms with van der Waals surface area (Å²) in [5, 5.41) is 14.9. The van der Waals surface area contributed by atoms with Crippen LogP contribution >= 0.6 is 11.6 Å². The van der Waals surface area contributed by atoms with Gasteiger partial charge in [0.25, 0.3) is 0 Å². The molecule has 164 valence electrons. The number of rotatable bonds is 5.